The van der Waals surface area contributed by atoms with Crippen LogP contribution in [0.2, 0.25) is 10.0 Å². The molecule has 1 fully saturated rings. The Morgan fingerprint density at radius 3 is 2.47 bits per heavy atom. The van der Waals surface area contributed by atoms with Crippen LogP contribution in [-0.2, 0) is 16.0 Å². The van der Waals surface area contributed by atoms with Crippen molar-refractivity contribution in [2.45, 2.75) is 12.5 Å². The number of aromatic nitrogens is 1. The molecule has 2 heterocycles. The van der Waals surface area contributed by atoms with Gasteiger partial charge in [0.25, 0.3) is 11.7 Å². The highest BCUT2D eigenvalue weighted by molar-refractivity contribution is 6.46. The van der Waals surface area contributed by atoms with Crippen molar-refractivity contribution in [2.75, 3.05) is 6.54 Å². The van der Waals surface area contributed by atoms with Gasteiger partial charge in [0, 0.05) is 24.5 Å². The molecule has 0 bridgehead atoms. The van der Waals surface area contributed by atoms with Crippen LogP contribution < -0.4 is 0 Å². The Balaban J connectivity index is 1.76. The van der Waals surface area contributed by atoms with Crippen molar-refractivity contribution in [3.63, 3.8) is 0 Å². The molecular weight excluding hydrogens is 454 g/mol. The molecule has 162 valence electrons. The summed E-state index contributed by atoms with van der Waals surface area (Å²) in [6.07, 6.45) is 3.52. The largest absolute Gasteiger partial charge is 0.507 e. The van der Waals surface area contributed by atoms with Crippen molar-refractivity contribution in [1.82, 2.24) is 9.88 Å². The van der Waals surface area contributed by atoms with E-state index in [2.05, 4.69) is 4.98 Å². The second-order valence-corrected chi connectivity index (χ2v) is 8.10. The van der Waals surface area contributed by atoms with Crippen molar-refractivity contribution >= 4 is 40.7 Å². The molecule has 1 aromatic heterocycles. The lowest BCUT2D eigenvalue weighted by Crippen LogP contribution is -2.31. The van der Waals surface area contributed by atoms with Crippen LogP contribution in [0.4, 0.5) is 4.39 Å². The van der Waals surface area contributed by atoms with Crippen LogP contribution in [-0.4, -0.2) is 33.2 Å². The Hall–Kier alpha value is -3.22. The fourth-order valence-corrected chi connectivity index (χ4v) is 3.99. The highest BCUT2D eigenvalue weighted by atomic mass is 35.5. The summed E-state index contributed by atoms with van der Waals surface area (Å²) in [7, 11) is 0. The fraction of sp³-hybridized carbons (Fsp3) is 0.125. The molecule has 0 saturated carbocycles. The van der Waals surface area contributed by atoms with Crippen LogP contribution in [0.25, 0.3) is 5.76 Å². The van der Waals surface area contributed by atoms with E-state index in [1.165, 1.54) is 35.2 Å². The van der Waals surface area contributed by atoms with Gasteiger partial charge in [-0.1, -0.05) is 41.4 Å². The molecule has 8 heteroatoms. The van der Waals surface area contributed by atoms with E-state index >= 15 is 0 Å². The molecule has 1 N–H and O–H groups in total. The molecule has 0 spiro atoms. The van der Waals surface area contributed by atoms with Gasteiger partial charge < -0.3 is 10.0 Å². The van der Waals surface area contributed by atoms with E-state index in [0.717, 1.165) is 5.56 Å². The maximum absolute atomic E-state index is 13.2. The minimum Gasteiger partial charge on any atom is -0.507 e. The molecular formula is C24H17Cl2FN2O3. The van der Waals surface area contributed by atoms with Crippen LogP contribution >= 0.6 is 23.2 Å². The van der Waals surface area contributed by atoms with Crippen molar-refractivity contribution in [1.29, 1.82) is 0 Å². The van der Waals surface area contributed by atoms with Gasteiger partial charge in [-0.25, -0.2) is 4.39 Å². The SMILES string of the molecule is O=C1C(=O)N(CCc2ccc(F)cc2)C(c2cccnc2)/C1=C(/O)c1ccc(Cl)c(Cl)c1. The lowest BCUT2D eigenvalue weighted by atomic mass is 9.96. The first-order chi connectivity index (χ1) is 15.4. The number of carbonyl (C=O) groups is 2. The summed E-state index contributed by atoms with van der Waals surface area (Å²) < 4.78 is 13.2. The Morgan fingerprint density at radius 2 is 1.81 bits per heavy atom. The summed E-state index contributed by atoms with van der Waals surface area (Å²) in [4.78, 5) is 31.4. The number of aliphatic hydroxyl groups is 1. The van der Waals surface area contributed by atoms with E-state index < -0.39 is 17.7 Å². The molecule has 4 rings (SSSR count). The number of pyridine rings is 1. The van der Waals surface area contributed by atoms with Gasteiger partial charge >= 0.3 is 0 Å². The Labute approximate surface area is 193 Å². The molecule has 3 aromatic rings. The summed E-state index contributed by atoms with van der Waals surface area (Å²) in [5, 5.41) is 11.5. The monoisotopic (exact) mass is 470 g/mol. The maximum atomic E-state index is 13.2. The molecule has 1 atom stereocenters. The summed E-state index contributed by atoms with van der Waals surface area (Å²) in [5.74, 6) is -2.24. The second-order valence-electron chi connectivity index (χ2n) is 7.28. The third-order valence-electron chi connectivity index (χ3n) is 5.29. The van der Waals surface area contributed by atoms with E-state index in [4.69, 9.17) is 23.2 Å². The zero-order valence-electron chi connectivity index (χ0n) is 16.6. The average Bonchev–Trinajstić information content (AvgIpc) is 3.05. The van der Waals surface area contributed by atoms with Gasteiger partial charge in [0.1, 0.15) is 11.6 Å². The lowest BCUT2D eigenvalue weighted by molar-refractivity contribution is -0.139. The smallest absolute Gasteiger partial charge is 0.295 e. The molecule has 2 aromatic carbocycles. The Bertz CT molecular complexity index is 1210. The quantitative estimate of drug-likeness (QED) is 0.316. The highest BCUT2D eigenvalue weighted by Gasteiger charge is 2.46. The first-order valence-corrected chi connectivity index (χ1v) is 10.5. The molecule has 1 aliphatic rings. The van der Waals surface area contributed by atoms with Crippen LogP contribution in [0, 0.1) is 5.82 Å². The molecule has 32 heavy (non-hydrogen) atoms. The number of ketones is 1. The predicted molar refractivity (Wildman–Crippen MR) is 120 cm³/mol. The van der Waals surface area contributed by atoms with Crippen molar-refractivity contribution in [3.05, 3.63) is 105 Å². The minimum atomic E-state index is -0.835. The normalized spacial score (nSPS) is 17.7. The standard InChI is InChI=1S/C24H17Cl2FN2O3/c25-18-8-5-15(12-19(18)26)22(30)20-21(16-2-1-10-28-13-16)29(24(32)23(20)31)11-9-14-3-6-17(27)7-4-14/h1-8,10,12-13,21,30H,9,11H2/b22-20-. The minimum absolute atomic E-state index is 0.0551. The summed E-state index contributed by atoms with van der Waals surface area (Å²) >= 11 is 12.0. The number of amides is 1. The highest BCUT2D eigenvalue weighted by Crippen LogP contribution is 2.39. The number of likely N-dealkylation sites (tertiary alicyclic amines) is 1. The van der Waals surface area contributed by atoms with Gasteiger partial charge in [0.2, 0.25) is 0 Å². The average molecular weight is 471 g/mol. The van der Waals surface area contributed by atoms with E-state index in [9.17, 15) is 19.1 Å². The van der Waals surface area contributed by atoms with Crippen molar-refractivity contribution in [3.8, 4) is 0 Å². The van der Waals surface area contributed by atoms with Crippen LogP contribution in [0.5, 0.6) is 0 Å². The summed E-state index contributed by atoms with van der Waals surface area (Å²) in [6.45, 7) is 0.188. The van der Waals surface area contributed by atoms with Gasteiger partial charge in [-0.05, 0) is 53.9 Å². The van der Waals surface area contributed by atoms with Crippen molar-refractivity contribution < 1.29 is 19.1 Å². The van der Waals surface area contributed by atoms with Crippen LogP contribution in [0.15, 0.2) is 72.6 Å². The number of rotatable bonds is 5. The number of aliphatic hydroxyl groups excluding tert-OH is 1. The van der Waals surface area contributed by atoms with Crippen LogP contribution in [0.1, 0.15) is 22.7 Å². The van der Waals surface area contributed by atoms with Crippen LogP contribution in [0.3, 0.4) is 0 Å². The summed E-state index contributed by atoms with van der Waals surface area (Å²) in [6, 6.07) is 13.0. The topological polar surface area (TPSA) is 70.5 Å². The fourth-order valence-electron chi connectivity index (χ4n) is 3.69. The maximum Gasteiger partial charge on any atom is 0.295 e. The van der Waals surface area contributed by atoms with Gasteiger partial charge in [0.05, 0.1) is 21.7 Å². The Kier molecular flexibility index (Phi) is 6.26. The number of carbonyl (C=O) groups excluding carboxylic acids is 2. The van der Waals surface area contributed by atoms with Gasteiger partial charge in [0.15, 0.2) is 0 Å². The molecule has 1 amide bonds. The number of hydrogen-bond acceptors (Lipinski definition) is 4. The zero-order valence-corrected chi connectivity index (χ0v) is 18.1. The van der Waals surface area contributed by atoms with Gasteiger partial charge in [-0.15, -0.1) is 0 Å². The molecule has 5 nitrogen and oxygen atoms in total. The third-order valence-corrected chi connectivity index (χ3v) is 6.03. The number of halogens is 3. The zero-order chi connectivity index (χ0) is 22.8. The molecule has 1 aliphatic heterocycles. The third kappa shape index (κ3) is 4.24. The van der Waals surface area contributed by atoms with E-state index in [1.54, 1.807) is 36.7 Å². The first kappa shape index (κ1) is 22.0. The first-order valence-electron chi connectivity index (χ1n) is 9.75. The number of nitrogens with zero attached hydrogens (tertiary/aromatic N) is 2. The predicted octanol–water partition coefficient (Wildman–Crippen LogP) is 5.19. The van der Waals surface area contributed by atoms with Crippen molar-refractivity contribution in [2.24, 2.45) is 0 Å². The summed E-state index contributed by atoms with van der Waals surface area (Å²) in [5.41, 5.74) is 1.60. The van der Waals surface area contributed by atoms with E-state index in [0.29, 0.717) is 17.0 Å². The number of Topliss-reactive ketones (excluding diaryl/α,β-unsaturated/α-hetero) is 1. The van der Waals surface area contributed by atoms with Gasteiger partial charge in [-0.3, -0.25) is 14.6 Å². The second kappa shape index (κ2) is 9.10. The molecule has 0 aliphatic carbocycles. The van der Waals surface area contributed by atoms with Gasteiger partial charge in [-0.2, -0.15) is 0 Å². The number of hydrogen-bond donors (Lipinski definition) is 1. The van der Waals surface area contributed by atoms with E-state index in [1.807, 2.05) is 0 Å². The Morgan fingerprint density at radius 1 is 1.06 bits per heavy atom. The molecule has 1 saturated heterocycles. The molecule has 1 unspecified atom stereocenters. The van der Waals surface area contributed by atoms with E-state index in [-0.39, 0.29) is 34.3 Å². The lowest BCUT2D eigenvalue weighted by Gasteiger charge is -2.25. The number of benzene rings is 2. The molecule has 0 radical (unpaired) electrons.